The Labute approximate surface area is 142 Å². The Morgan fingerprint density at radius 1 is 0.833 bits per heavy atom. The molecule has 0 radical (unpaired) electrons. The number of ether oxygens (including phenoxy) is 1. The second kappa shape index (κ2) is 7.75. The molecule has 0 fully saturated rings. The molecule has 3 nitrogen and oxygen atoms in total. The van der Waals surface area contributed by atoms with Crippen molar-refractivity contribution in [2.45, 2.75) is 13.1 Å². The maximum absolute atomic E-state index is 11.8. The lowest BCUT2D eigenvalue weighted by molar-refractivity contribution is -0.142. The van der Waals surface area contributed by atoms with Gasteiger partial charge in [0.25, 0.3) is 0 Å². The topological polar surface area (TPSA) is 29.5 Å². The third-order valence-corrected chi connectivity index (χ3v) is 4.05. The van der Waals surface area contributed by atoms with Gasteiger partial charge in [-0.15, -0.1) is 0 Å². The maximum atomic E-state index is 11.8. The van der Waals surface area contributed by atoms with Gasteiger partial charge in [-0.05, 0) is 28.0 Å². The number of nitrogens with zero attached hydrogens (tertiary/aromatic N) is 1. The van der Waals surface area contributed by atoms with Gasteiger partial charge in [-0.3, -0.25) is 9.69 Å². The minimum absolute atomic E-state index is 0.216. The van der Waals surface area contributed by atoms with E-state index in [1.807, 2.05) is 30.3 Å². The second-order valence-corrected chi connectivity index (χ2v) is 5.89. The van der Waals surface area contributed by atoms with E-state index in [-0.39, 0.29) is 12.5 Å². The standard InChI is InChI=1S/C21H21NO2/c1-24-21(23)16-22(14-17-7-3-2-4-8-17)15-18-11-12-19-9-5-6-10-20(19)13-18/h2-13H,14-16H2,1H3. The van der Waals surface area contributed by atoms with Gasteiger partial charge in [0.1, 0.15) is 0 Å². The van der Waals surface area contributed by atoms with E-state index in [9.17, 15) is 4.79 Å². The van der Waals surface area contributed by atoms with E-state index in [0.717, 1.165) is 0 Å². The first-order chi connectivity index (χ1) is 11.7. The summed E-state index contributed by atoms with van der Waals surface area (Å²) >= 11 is 0. The van der Waals surface area contributed by atoms with Crippen LogP contribution in [0.3, 0.4) is 0 Å². The van der Waals surface area contributed by atoms with E-state index in [1.165, 1.54) is 29.0 Å². The molecule has 0 amide bonds. The van der Waals surface area contributed by atoms with Gasteiger partial charge >= 0.3 is 5.97 Å². The Hall–Kier alpha value is -2.65. The third kappa shape index (κ3) is 4.21. The van der Waals surface area contributed by atoms with E-state index in [0.29, 0.717) is 13.1 Å². The Morgan fingerprint density at radius 3 is 2.25 bits per heavy atom. The van der Waals surface area contributed by atoms with Crippen LogP contribution in [-0.2, 0) is 22.6 Å². The van der Waals surface area contributed by atoms with Crippen molar-refractivity contribution in [3.63, 3.8) is 0 Å². The number of hydrogen-bond acceptors (Lipinski definition) is 3. The van der Waals surface area contributed by atoms with Crippen molar-refractivity contribution in [2.24, 2.45) is 0 Å². The fourth-order valence-corrected chi connectivity index (χ4v) is 2.85. The summed E-state index contributed by atoms with van der Waals surface area (Å²) in [6, 6.07) is 24.9. The second-order valence-electron chi connectivity index (χ2n) is 5.89. The highest BCUT2D eigenvalue weighted by Gasteiger charge is 2.12. The van der Waals surface area contributed by atoms with Gasteiger partial charge in [-0.25, -0.2) is 0 Å². The fraction of sp³-hybridized carbons (Fsp3) is 0.190. The number of carbonyl (C=O) groups excluding carboxylic acids is 1. The van der Waals surface area contributed by atoms with Crippen LogP contribution in [0, 0.1) is 0 Å². The molecule has 0 bridgehead atoms. The van der Waals surface area contributed by atoms with Crippen LogP contribution in [0.4, 0.5) is 0 Å². The quantitative estimate of drug-likeness (QED) is 0.643. The molecule has 0 saturated heterocycles. The molecular weight excluding hydrogens is 298 g/mol. The number of carbonyl (C=O) groups is 1. The first-order valence-corrected chi connectivity index (χ1v) is 8.05. The molecule has 3 heteroatoms. The van der Waals surface area contributed by atoms with Crippen molar-refractivity contribution in [3.8, 4) is 0 Å². The van der Waals surface area contributed by atoms with Crippen LogP contribution in [-0.4, -0.2) is 24.5 Å². The number of esters is 1. The highest BCUT2D eigenvalue weighted by atomic mass is 16.5. The molecule has 0 spiro atoms. The van der Waals surface area contributed by atoms with Crippen LogP contribution >= 0.6 is 0 Å². The summed E-state index contributed by atoms with van der Waals surface area (Å²) in [4.78, 5) is 13.9. The number of rotatable bonds is 6. The summed E-state index contributed by atoms with van der Waals surface area (Å²) in [5.41, 5.74) is 2.37. The lowest BCUT2D eigenvalue weighted by Crippen LogP contribution is -2.29. The molecule has 0 aliphatic heterocycles. The zero-order valence-corrected chi connectivity index (χ0v) is 13.8. The van der Waals surface area contributed by atoms with Gasteiger partial charge in [-0.1, -0.05) is 66.7 Å². The normalized spacial score (nSPS) is 10.9. The zero-order chi connectivity index (χ0) is 16.8. The van der Waals surface area contributed by atoms with Gasteiger partial charge < -0.3 is 4.74 Å². The monoisotopic (exact) mass is 319 g/mol. The van der Waals surface area contributed by atoms with Crippen LogP contribution < -0.4 is 0 Å². The van der Waals surface area contributed by atoms with Crippen molar-refractivity contribution < 1.29 is 9.53 Å². The third-order valence-electron chi connectivity index (χ3n) is 4.05. The lowest BCUT2D eigenvalue weighted by Gasteiger charge is -2.21. The van der Waals surface area contributed by atoms with Gasteiger partial charge in [0.15, 0.2) is 0 Å². The molecule has 0 N–H and O–H groups in total. The lowest BCUT2D eigenvalue weighted by atomic mass is 10.1. The molecule has 3 rings (SSSR count). The van der Waals surface area contributed by atoms with E-state index < -0.39 is 0 Å². The van der Waals surface area contributed by atoms with Crippen molar-refractivity contribution in [2.75, 3.05) is 13.7 Å². The minimum Gasteiger partial charge on any atom is -0.468 e. The van der Waals surface area contributed by atoms with Crippen LogP contribution in [0.15, 0.2) is 72.8 Å². The number of fused-ring (bicyclic) bond motifs is 1. The van der Waals surface area contributed by atoms with Crippen molar-refractivity contribution in [3.05, 3.63) is 83.9 Å². The number of hydrogen-bond donors (Lipinski definition) is 0. The first-order valence-electron chi connectivity index (χ1n) is 8.05. The molecule has 3 aromatic carbocycles. The minimum atomic E-state index is -0.216. The van der Waals surface area contributed by atoms with Crippen LogP contribution in [0.2, 0.25) is 0 Å². The Kier molecular flexibility index (Phi) is 5.24. The number of methoxy groups -OCH3 is 1. The molecule has 0 unspecified atom stereocenters. The predicted octanol–water partition coefficient (Wildman–Crippen LogP) is 4.02. The Bertz CT molecular complexity index is 814. The molecular formula is C21H21NO2. The van der Waals surface area contributed by atoms with E-state index in [2.05, 4.69) is 47.4 Å². The first kappa shape index (κ1) is 16.2. The molecule has 3 aromatic rings. The van der Waals surface area contributed by atoms with E-state index in [1.54, 1.807) is 0 Å². The summed E-state index contributed by atoms with van der Waals surface area (Å²) in [6.45, 7) is 1.69. The van der Waals surface area contributed by atoms with Crippen molar-refractivity contribution in [1.29, 1.82) is 0 Å². The summed E-state index contributed by atoms with van der Waals surface area (Å²) in [5.74, 6) is -0.216. The molecule has 0 heterocycles. The molecule has 0 atom stereocenters. The maximum Gasteiger partial charge on any atom is 0.319 e. The van der Waals surface area contributed by atoms with Crippen molar-refractivity contribution in [1.82, 2.24) is 4.90 Å². The highest BCUT2D eigenvalue weighted by Crippen LogP contribution is 2.18. The fourth-order valence-electron chi connectivity index (χ4n) is 2.85. The molecule has 24 heavy (non-hydrogen) atoms. The average molecular weight is 319 g/mol. The highest BCUT2D eigenvalue weighted by molar-refractivity contribution is 5.83. The molecule has 0 saturated carbocycles. The van der Waals surface area contributed by atoms with Gasteiger partial charge in [0.05, 0.1) is 13.7 Å². The SMILES string of the molecule is COC(=O)CN(Cc1ccccc1)Cc1ccc2ccccc2c1. The summed E-state index contributed by atoms with van der Waals surface area (Å²) in [6.07, 6.45) is 0. The van der Waals surface area contributed by atoms with E-state index >= 15 is 0 Å². The zero-order valence-electron chi connectivity index (χ0n) is 13.8. The average Bonchev–Trinajstić information content (AvgIpc) is 2.62. The van der Waals surface area contributed by atoms with Crippen molar-refractivity contribution >= 4 is 16.7 Å². The summed E-state index contributed by atoms with van der Waals surface area (Å²) in [7, 11) is 1.43. The summed E-state index contributed by atoms with van der Waals surface area (Å²) in [5, 5.41) is 2.44. The van der Waals surface area contributed by atoms with Crippen LogP contribution in [0.25, 0.3) is 10.8 Å². The molecule has 122 valence electrons. The molecule has 0 aliphatic rings. The molecule has 0 aliphatic carbocycles. The molecule has 0 aromatic heterocycles. The van der Waals surface area contributed by atoms with Gasteiger partial charge in [0.2, 0.25) is 0 Å². The van der Waals surface area contributed by atoms with Gasteiger partial charge in [0, 0.05) is 13.1 Å². The van der Waals surface area contributed by atoms with Crippen LogP contribution in [0.5, 0.6) is 0 Å². The number of benzene rings is 3. The largest absolute Gasteiger partial charge is 0.468 e. The van der Waals surface area contributed by atoms with Crippen LogP contribution in [0.1, 0.15) is 11.1 Å². The summed E-state index contributed by atoms with van der Waals surface area (Å²) < 4.78 is 4.85. The van der Waals surface area contributed by atoms with E-state index in [4.69, 9.17) is 4.74 Å². The van der Waals surface area contributed by atoms with Gasteiger partial charge in [-0.2, -0.15) is 0 Å². The Morgan fingerprint density at radius 2 is 1.50 bits per heavy atom. The smallest absolute Gasteiger partial charge is 0.319 e. The Balaban J connectivity index is 1.79. The predicted molar refractivity (Wildman–Crippen MR) is 96.5 cm³/mol.